The van der Waals surface area contributed by atoms with Crippen LogP contribution in [0.5, 0.6) is 0 Å². The van der Waals surface area contributed by atoms with E-state index in [4.69, 9.17) is 0 Å². The molecule has 3 N–H and O–H groups in total. The molecule has 22 heavy (non-hydrogen) atoms. The molecule has 1 unspecified atom stereocenters. The third-order valence-electron chi connectivity index (χ3n) is 4.29. The molecule has 122 valence electrons. The number of carbonyl (C=O) groups is 1. The second-order valence-electron chi connectivity index (χ2n) is 5.61. The Labute approximate surface area is 131 Å². The van der Waals surface area contributed by atoms with E-state index in [1.54, 1.807) is 19.1 Å². The Morgan fingerprint density at radius 1 is 1.41 bits per heavy atom. The maximum absolute atomic E-state index is 12.5. The lowest BCUT2D eigenvalue weighted by atomic mass is 9.93. The topological polar surface area (TPSA) is 87.3 Å². The Bertz CT molecular complexity index is 665. The summed E-state index contributed by atoms with van der Waals surface area (Å²) in [4.78, 5) is 12.7. The van der Waals surface area contributed by atoms with Crippen LogP contribution in [0.15, 0.2) is 23.1 Å². The Kier molecular flexibility index (Phi) is 4.89. The molecule has 1 aromatic carbocycles. The standard InChI is InChI=1S/C15H23N3O3S/c1-4-15(8-5-9-17-15)14(19)18-12-7-6-11(2)13(10-12)22(20,21)16-3/h6-7,10,16-17H,4-5,8-9H2,1-3H3,(H,18,19). The summed E-state index contributed by atoms with van der Waals surface area (Å²) in [5.74, 6) is -0.107. The average molecular weight is 325 g/mol. The van der Waals surface area contributed by atoms with Crippen LogP contribution in [0, 0.1) is 6.92 Å². The highest BCUT2D eigenvalue weighted by molar-refractivity contribution is 7.89. The highest BCUT2D eigenvalue weighted by Gasteiger charge is 2.39. The van der Waals surface area contributed by atoms with Gasteiger partial charge in [0.2, 0.25) is 15.9 Å². The minimum Gasteiger partial charge on any atom is -0.324 e. The van der Waals surface area contributed by atoms with E-state index < -0.39 is 15.6 Å². The largest absolute Gasteiger partial charge is 0.324 e. The second kappa shape index (κ2) is 6.36. The summed E-state index contributed by atoms with van der Waals surface area (Å²) in [5, 5.41) is 6.11. The molecule has 7 heteroatoms. The van der Waals surface area contributed by atoms with Crippen LogP contribution in [0.3, 0.4) is 0 Å². The highest BCUT2D eigenvalue weighted by Crippen LogP contribution is 2.26. The van der Waals surface area contributed by atoms with Gasteiger partial charge in [-0.25, -0.2) is 13.1 Å². The minimum atomic E-state index is -3.54. The van der Waals surface area contributed by atoms with Crippen molar-refractivity contribution < 1.29 is 13.2 Å². The lowest BCUT2D eigenvalue weighted by molar-refractivity contribution is -0.122. The molecule has 0 aliphatic carbocycles. The number of aryl methyl sites for hydroxylation is 1. The molecule has 0 aromatic heterocycles. The van der Waals surface area contributed by atoms with E-state index in [-0.39, 0.29) is 10.8 Å². The highest BCUT2D eigenvalue weighted by atomic mass is 32.2. The zero-order valence-corrected chi connectivity index (χ0v) is 14.0. The van der Waals surface area contributed by atoms with E-state index >= 15 is 0 Å². The van der Waals surface area contributed by atoms with E-state index in [0.29, 0.717) is 17.7 Å². The van der Waals surface area contributed by atoms with E-state index in [1.165, 1.54) is 13.1 Å². The predicted molar refractivity (Wildman–Crippen MR) is 86.3 cm³/mol. The number of carbonyl (C=O) groups excluding carboxylic acids is 1. The molecule has 1 heterocycles. The van der Waals surface area contributed by atoms with E-state index in [2.05, 4.69) is 15.4 Å². The Balaban J connectivity index is 2.27. The maximum atomic E-state index is 12.5. The van der Waals surface area contributed by atoms with Gasteiger partial charge in [-0.1, -0.05) is 13.0 Å². The fraction of sp³-hybridized carbons (Fsp3) is 0.533. The zero-order chi connectivity index (χ0) is 16.4. The number of amides is 1. The van der Waals surface area contributed by atoms with Crippen molar-refractivity contribution in [1.29, 1.82) is 0 Å². The summed E-state index contributed by atoms with van der Waals surface area (Å²) < 4.78 is 26.3. The van der Waals surface area contributed by atoms with E-state index in [1.807, 2.05) is 6.92 Å². The van der Waals surface area contributed by atoms with Crippen molar-refractivity contribution in [2.24, 2.45) is 0 Å². The van der Waals surface area contributed by atoms with Gasteiger partial charge in [0.25, 0.3) is 0 Å². The molecular weight excluding hydrogens is 302 g/mol. The van der Waals surface area contributed by atoms with Gasteiger partial charge in [0.15, 0.2) is 0 Å². The van der Waals surface area contributed by atoms with Crippen molar-refractivity contribution in [3.05, 3.63) is 23.8 Å². The minimum absolute atomic E-state index is 0.107. The van der Waals surface area contributed by atoms with Crippen LogP contribution in [0.4, 0.5) is 5.69 Å². The van der Waals surface area contributed by atoms with Gasteiger partial charge in [-0.15, -0.1) is 0 Å². The van der Waals surface area contributed by atoms with Crippen LogP contribution in [0.1, 0.15) is 31.7 Å². The van der Waals surface area contributed by atoms with Crippen molar-refractivity contribution in [3.63, 3.8) is 0 Å². The second-order valence-corrected chi connectivity index (χ2v) is 7.46. The molecule has 0 saturated carbocycles. The van der Waals surface area contributed by atoms with Gasteiger partial charge in [0.1, 0.15) is 0 Å². The lowest BCUT2D eigenvalue weighted by Gasteiger charge is -2.26. The lowest BCUT2D eigenvalue weighted by Crippen LogP contribution is -2.50. The third kappa shape index (κ3) is 3.16. The molecule has 0 spiro atoms. The summed E-state index contributed by atoms with van der Waals surface area (Å²) in [7, 11) is -2.17. The predicted octanol–water partition coefficient (Wildman–Crippen LogP) is 1.37. The van der Waals surface area contributed by atoms with Gasteiger partial charge >= 0.3 is 0 Å². The first-order valence-electron chi connectivity index (χ1n) is 7.45. The summed E-state index contributed by atoms with van der Waals surface area (Å²) >= 11 is 0. The zero-order valence-electron chi connectivity index (χ0n) is 13.2. The molecule has 1 saturated heterocycles. The monoisotopic (exact) mass is 325 g/mol. The molecule has 6 nitrogen and oxygen atoms in total. The van der Waals surface area contributed by atoms with Gasteiger partial charge < -0.3 is 10.6 Å². The molecule has 0 radical (unpaired) electrons. The normalized spacial score (nSPS) is 21.8. The van der Waals surface area contributed by atoms with E-state index in [0.717, 1.165) is 19.4 Å². The van der Waals surface area contributed by atoms with Gasteiger partial charge in [0, 0.05) is 5.69 Å². The first-order chi connectivity index (χ1) is 10.3. The molecule has 1 fully saturated rings. The summed E-state index contributed by atoms with van der Waals surface area (Å²) in [6, 6.07) is 4.91. The fourth-order valence-corrected chi connectivity index (χ4v) is 3.78. The fourth-order valence-electron chi connectivity index (χ4n) is 2.79. The number of hydrogen-bond acceptors (Lipinski definition) is 4. The van der Waals surface area contributed by atoms with Crippen molar-refractivity contribution in [3.8, 4) is 0 Å². The molecular formula is C15H23N3O3S. The number of sulfonamides is 1. The molecule has 1 aliphatic rings. The quantitative estimate of drug-likeness (QED) is 0.763. The first kappa shape index (κ1) is 16.9. The number of nitrogens with one attached hydrogen (secondary N) is 3. The SMILES string of the molecule is CCC1(C(=O)Nc2ccc(C)c(S(=O)(=O)NC)c2)CCCN1. The maximum Gasteiger partial charge on any atom is 0.244 e. The summed E-state index contributed by atoms with van der Waals surface area (Å²) in [6.45, 7) is 4.53. The van der Waals surface area contributed by atoms with Crippen molar-refractivity contribution in [1.82, 2.24) is 10.0 Å². The van der Waals surface area contributed by atoms with Gasteiger partial charge in [-0.2, -0.15) is 0 Å². The number of benzene rings is 1. The van der Waals surface area contributed by atoms with E-state index in [9.17, 15) is 13.2 Å². The Morgan fingerprint density at radius 2 is 2.14 bits per heavy atom. The molecule has 2 rings (SSSR count). The Morgan fingerprint density at radius 3 is 2.68 bits per heavy atom. The van der Waals surface area contributed by atoms with Crippen LogP contribution in [0.25, 0.3) is 0 Å². The van der Waals surface area contributed by atoms with Crippen molar-refractivity contribution >= 4 is 21.6 Å². The molecule has 0 bridgehead atoms. The number of hydrogen-bond donors (Lipinski definition) is 3. The van der Waals surface area contributed by atoms with Crippen molar-refractivity contribution in [2.75, 3.05) is 18.9 Å². The molecule has 1 atom stereocenters. The number of rotatable bonds is 5. The van der Waals surface area contributed by atoms with Crippen molar-refractivity contribution in [2.45, 2.75) is 43.5 Å². The summed E-state index contributed by atoms with van der Waals surface area (Å²) in [6.07, 6.45) is 2.46. The van der Waals surface area contributed by atoms with Gasteiger partial charge in [-0.05, 0) is 57.5 Å². The first-order valence-corrected chi connectivity index (χ1v) is 8.93. The van der Waals surface area contributed by atoms with Gasteiger partial charge in [0.05, 0.1) is 10.4 Å². The summed E-state index contributed by atoms with van der Waals surface area (Å²) in [5.41, 5.74) is 0.579. The van der Waals surface area contributed by atoms with Crippen LogP contribution in [-0.4, -0.2) is 33.5 Å². The van der Waals surface area contributed by atoms with Gasteiger partial charge in [-0.3, -0.25) is 4.79 Å². The molecule has 1 amide bonds. The van der Waals surface area contributed by atoms with Crippen LogP contribution >= 0.6 is 0 Å². The smallest absolute Gasteiger partial charge is 0.244 e. The van der Waals surface area contributed by atoms with Crippen LogP contribution < -0.4 is 15.4 Å². The Hall–Kier alpha value is -1.44. The average Bonchev–Trinajstić information content (AvgIpc) is 2.99. The molecule has 1 aromatic rings. The van der Waals surface area contributed by atoms with Crippen LogP contribution in [0.2, 0.25) is 0 Å². The number of anilines is 1. The molecule has 1 aliphatic heterocycles. The van der Waals surface area contributed by atoms with Crippen LogP contribution in [-0.2, 0) is 14.8 Å². The third-order valence-corrected chi connectivity index (χ3v) is 5.84.